The number of halogens is 1. The maximum absolute atomic E-state index is 6.41. The molecule has 3 rings (SSSR count). The Kier molecular flexibility index (Phi) is 3.23. The third-order valence-corrected chi connectivity index (χ3v) is 4.22. The maximum Gasteiger partial charge on any atom is 0.0850 e. The zero-order valence-corrected chi connectivity index (χ0v) is 12.0. The van der Waals surface area contributed by atoms with Crippen LogP contribution < -0.4 is 5.32 Å². The fourth-order valence-corrected chi connectivity index (χ4v) is 3.14. The molecule has 4 heteroatoms. The molecule has 0 bridgehead atoms. The van der Waals surface area contributed by atoms with Crippen LogP contribution in [0.1, 0.15) is 23.9 Å². The molecule has 1 aromatic carbocycles. The van der Waals surface area contributed by atoms with Crippen molar-refractivity contribution >= 4 is 17.3 Å². The van der Waals surface area contributed by atoms with Crippen molar-refractivity contribution in [3.05, 3.63) is 46.2 Å². The third kappa shape index (κ3) is 2.23. The monoisotopic (exact) mass is 275 g/mol. The first kappa shape index (κ1) is 12.5. The van der Waals surface area contributed by atoms with Gasteiger partial charge >= 0.3 is 0 Å². The summed E-state index contributed by atoms with van der Waals surface area (Å²) in [4.78, 5) is 0. The number of hydrogen-bond acceptors (Lipinski definition) is 2. The van der Waals surface area contributed by atoms with Crippen LogP contribution in [0.3, 0.4) is 0 Å². The molecule has 1 N–H and O–H groups in total. The van der Waals surface area contributed by atoms with E-state index < -0.39 is 0 Å². The Hall–Kier alpha value is -1.48. The molecule has 3 nitrogen and oxygen atoms in total. The summed E-state index contributed by atoms with van der Waals surface area (Å²) in [5, 5.41) is 8.88. The van der Waals surface area contributed by atoms with Crippen molar-refractivity contribution in [3.63, 3.8) is 0 Å². The van der Waals surface area contributed by atoms with E-state index in [1.54, 1.807) is 0 Å². The lowest BCUT2D eigenvalue weighted by Crippen LogP contribution is -2.20. The summed E-state index contributed by atoms with van der Waals surface area (Å²) < 4.78 is 1.92. The van der Waals surface area contributed by atoms with Gasteiger partial charge < -0.3 is 5.32 Å². The number of benzene rings is 1. The van der Waals surface area contributed by atoms with Crippen LogP contribution in [0.2, 0.25) is 5.02 Å². The number of nitrogens with zero attached hydrogens (tertiary/aromatic N) is 2. The number of nitrogens with one attached hydrogen (secondary N) is 1. The number of aryl methyl sites for hydroxylation is 2. The lowest BCUT2D eigenvalue weighted by atomic mass is 10.1. The normalized spacial score (nSPS) is 17.3. The summed E-state index contributed by atoms with van der Waals surface area (Å²) in [6, 6.07) is 8.90. The van der Waals surface area contributed by atoms with E-state index in [9.17, 15) is 0 Å². The Bertz CT molecular complexity index is 578. The average Bonchev–Trinajstić information content (AvgIpc) is 2.94. The molecule has 1 aromatic heterocycles. The molecule has 1 atom stereocenters. The molecule has 0 fully saturated rings. The van der Waals surface area contributed by atoms with E-state index in [1.165, 1.54) is 11.3 Å². The van der Waals surface area contributed by atoms with E-state index in [1.807, 2.05) is 11.7 Å². The molecule has 0 aliphatic carbocycles. The molecular weight excluding hydrogens is 258 g/mol. The lowest BCUT2D eigenvalue weighted by molar-refractivity contribution is 0.651. The van der Waals surface area contributed by atoms with Gasteiger partial charge in [0.2, 0.25) is 0 Å². The van der Waals surface area contributed by atoms with Crippen molar-refractivity contribution in [1.29, 1.82) is 0 Å². The van der Waals surface area contributed by atoms with Crippen LogP contribution in [0, 0.1) is 0 Å². The summed E-state index contributed by atoms with van der Waals surface area (Å²) in [6.45, 7) is 2.08. The van der Waals surface area contributed by atoms with Crippen LogP contribution in [-0.4, -0.2) is 15.8 Å². The first-order valence-corrected chi connectivity index (χ1v) is 7.11. The number of fused-ring (bicyclic) bond motifs is 1. The second-order valence-corrected chi connectivity index (χ2v) is 5.47. The number of anilines is 1. The van der Waals surface area contributed by atoms with Crippen molar-refractivity contribution in [2.24, 2.45) is 7.05 Å². The second-order valence-electron chi connectivity index (χ2n) is 5.09. The van der Waals surface area contributed by atoms with Gasteiger partial charge in [-0.25, -0.2) is 0 Å². The molecule has 2 heterocycles. The van der Waals surface area contributed by atoms with E-state index in [0.717, 1.165) is 35.7 Å². The second kappa shape index (κ2) is 4.89. The van der Waals surface area contributed by atoms with Crippen LogP contribution in [0.15, 0.2) is 24.3 Å². The van der Waals surface area contributed by atoms with Crippen LogP contribution >= 0.6 is 11.6 Å². The van der Waals surface area contributed by atoms with Gasteiger partial charge in [0.25, 0.3) is 0 Å². The third-order valence-electron chi connectivity index (χ3n) is 3.79. The van der Waals surface area contributed by atoms with Crippen molar-refractivity contribution in [2.75, 3.05) is 5.32 Å². The van der Waals surface area contributed by atoms with Gasteiger partial charge in [-0.05, 0) is 24.5 Å². The lowest BCUT2D eigenvalue weighted by Gasteiger charge is -2.11. The number of hydrogen-bond donors (Lipinski definition) is 1. The zero-order chi connectivity index (χ0) is 13.4. The summed E-state index contributed by atoms with van der Waals surface area (Å²) in [6.07, 6.45) is 2.85. The average molecular weight is 276 g/mol. The van der Waals surface area contributed by atoms with Crippen LogP contribution in [-0.2, 0) is 26.3 Å². The Morgan fingerprint density at radius 1 is 1.42 bits per heavy atom. The highest BCUT2D eigenvalue weighted by Gasteiger charge is 2.23. The zero-order valence-electron chi connectivity index (χ0n) is 11.3. The largest absolute Gasteiger partial charge is 0.381 e. The molecule has 0 saturated carbocycles. The molecule has 0 spiro atoms. The molecule has 2 aromatic rings. The van der Waals surface area contributed by atoms with E-state index >= 15 is 0 Å². The van der Waals surface area contributed by atoms with Gasteiger partial charge in [0.05, 0.1) is 16.4 Å². The Balaban J connectivity index is 1.79. The summed E-state index contributed by atoms with van der Waals surface area (Å²) >= 11 is 6.41. The standard InChI is InChI=1S/C15H18ClN3/c1-3-12-15(16)14(19(2)18-12)9-11-8-10-6-4-5-7-13(10)17-11/h4-7,11,17H,3,8-9H2,1-2H3. The summed E-state index contributed by atoms with van der Waals surface area (Å²) in [5.74, 6) is 0. The first-order valence-electron chi connectivity index (χ1n) is 6.73. The molecule has 0 radical (unpaired) electrons. The Morgan fingerprint density at radius 3 is 2.89 bits per heavy atom. The van der Waals surface area contributed by atoms with Crippen molar-refractivity contribution in [3.8, 4) is 0 Å². The topological polar surface area (TPSA) is 29.9 Å². The maximum atomic E-state index is 6.41. The van der Waals surface area contributed by atoms with E-state index in [2.05, 4.69) is 41.6 Å². The van der Waals surface area contributed by atoms with Gasteiger partial charge in [-0.2, -0.15) is 5.10 Å². The van der Waals surface area contributed by atoms with Crippen LogP contribution in [0.25, 0.3) is 0 Å². The summed E-state index contributed by atoms with van der Waals surface area (Å²) in [5.41, 5.74) is 4.77. The predicted molar refractivity (Wildman–Crippen MR) is 78.9 cm³/mol. The number of aromatic nitrogens is 2. The molecule has 1 aliphatic heterocycles. The smallest absolute Gasteiger partial charge is 0.0850 e. The number of para-hydroxylation sites is 1. The van der Waals surface area contributed by atoms with Gasteiger partial charge in [0.15, 0.2) is 0 Å². The van der Waals surface area contributed by atoms with Gasteiger partial charge in [-0.15, -0.1) is 0 Å². The minimum absolute atomic E-state index is 0.412. The van der Waals surface area contributed by atoms with Crippen molar-refractivity contribution < 1.29 is 0 Å². The molecule has 1 unspecified atom stereocenters. The quantitative estimate of drug-likeness (QED) is 0.932. The minimum Gasteiger partial charge on any atom is -0.381 e. The Labute approximate surface area is 118 Å². The fourth-order valence-electron chi connectivity index (χ4n) is 2.77. The molecule has 19 heavy (non-hydrogen) atoms. The van der Waals surface area contributed by atoms with Crippen molar-refractivity contribution in [1.82, 2.24) is 9.78 Å². The van der Waals surface area contributed by atoms with E-state index in [-0.39, 0.29) is 0 Å². The molecule has 1 aliphatic rings. The van der Waals surface area contributed by atoms with Crippen LogP contribution in [0.5, 0.6) is 0 Å². The van der Waals surface area contributed by atoms with Gasteiger partial charge in [-0.3, -0.25) is 4.68 Å². The highest BCUT2D eigenvalue weighted by atomic mass is 35.5. The molecule has 100 valence electrons. The van der Waals surface area contributed by atoms with Crippen molar-refractivity contribution in [2.45, 2.75) is 32.2 Å². The van der Waals surface area contributed by atoms with E-state index in [4.69, 9.17) is 11.6 Å². The number of rotatable bonds is 3. The fraction of sp³-hybridized carbons (Fsp3) is 0.400. The summed E-state index contributed by atoms with van der Waals surface area (Å²) in [7, 11) is 1.97. The molecule has 0 amide bonds. The highest BCUT2D eigenvalue weighted by Crippen LogP contribution is 2.29. The minimum atomic E-state index is 0.412. The first-order chi connectivity index (χ1) is 9.19. The van der Waals surface area contributed by atoms with E-state index in [0.29, 0.717) is 6.04 Å². The van der Waals surface area contributed by atoms with Crippen LogP contribution in [0.4, 0.5) is 5.69 Å². The molecule has 0 saturated heterocycles. The van der Waals surface area contributed by atoms with Gasteiger partial charge in [0.1, 0.15) is 0 Å². The van der Waals surface area contributed by atoms with Gasteiger partial charge in [0, 0.05) is 25.2 Å². The molecular formula is C15H18ClN3. The van der Waals surface area contributed by atoms with Gasteiger partial charge in [-0.1, -0.05) is 36.7 Å². The predicted octanol–water partition coefficient (Wildman–Crippen LogP) is 3.22. The Morgan fingerprint density at radius 2 is 2.21 bits per heavy atom. The highest BCUT2D eigenvalue weighted by molar-refractivity contribution is 6.31. The SMILES string of the molecule is CCc1nn(C)c(CC2Cc3ccccc3N2)c1Cl.